The van der Waals surface area contributed by atoms with Gasteiger partial charge in [-0.25, -0.2) is 0 Å². The Morgan fingerprint density at radius 2 is 1.70 bits per heavy atom. The second kappa shape index (κ2) is 5.24. The summed E-state index contributed by atoms with van der Waals surface area (Å²) in [7, 11) is 0. The van der Waals surface area contributed by atoms with Gasteiger partial charge >= 0.3 is 0 Å². The molecule has 2 aliphatic heterocycles. The van der Waals surface area contributed by atoms with Gasteiger partial charge in [-0.3, -0.25) is 9.80 Å². The molecule has 0 aromatic rings. The number of hydrogen-bond donors (Lipinski definition) is 1. The molecule has 4 fully saturated rings. The average Bonchev–Trinajstić information content (AvgIpc) is 3.40. The van der Waals surface area contributed by atoms with Crippen molar-refractivity contribution < 1.29 is 0 Å². The Bertz CT molecular complexity index is 344. The van der Waals surface area contributed by atoms with Crippen molar-refractivity contribution in [3.05, 3.63) is 0 Å². The second-order valence-corrected chi connectivity index (χ2v) is 7.61. The van der Waals surface area contributed by atoms with Gasteiger partial charge in [-0.1, -0.05) is 0 Å². The van der Waals surface area contributed by atoms with Crippen molar-refractivity contribution in [2.45, 2.75) is 43.7 Å². The fourth-order valence-electron chi connectivity index (χ4n) is 4.26. The predicted molar refractivity (Wildman–Crippen MR) is 81.7 cm³/mol. The Hall–Kier alpha value is -0.160. The number of likely N-dealkylation sites (tertiary alicyclic amines) is 1. The molecular formula is C16H30N4. The molecule has 2 heterocycles. The molecule has 2 N–H and O–H groups in total. The van der Waals surface area contributed by atoms with Crippen LogP contribution in [0.25, 0.3) is 0 Å². The van der Waals surface area contributed by atoms with E-state index >= 15 is 0 Å². The van der Waals surface area contributed by atoms with Gasteiger partial charge in [0.2, 0.25) is 0 Å². The van der Waals surface area contributed by atoms with Crippen LogP contribution in [0.4, 0.5) is 0 Å². The average molecular weight is 278 g/mol. The molecule has 0 radical (unpaired) electrons. The lowest BCUT2D eigenvalue weighted by Gasteiger charge is -2.45. The Balaban J connectivity index is 1.33. The monoisotopic (exact) mass is 278 g/mol. The van der Waals surface area contributed by atoms with E-state index in [1.807, 2.05) is 0 Å². The van der Waals surface area contributed by atoms with E-state index in [0.29, 0.717) is 5.54 Å². The van der Waals surface area contributed by atoms with Gasteiger partial charge in [0.15, 0.2) is 0 Å². The zero-order valence-electron chi connectivity index (χ0n) is 12.8. The van der Waals surface area contributed by atoms with E-state index in [9.17, 15) is 0 Å². The third kappa shape index (κ3) is 2.63. The number of hydrogen-bond acceptors (Lipinski definition) is 4. The van der Waals surface area contributed by atoms with Crippen molar-refractivity contribution in [1.82, 2.24) is 14.7 Å². The maximum Gasteiger partial charge on any atom is 0.0471 e. The first-order valence-corrected chi connectivity index (χ1v) is 8.71. The molecule has 1 unspecified atom stereocenters. The Morgan fingerprint density at radius 1 is 0.950 bits per heavy atom. The fraction of sp³-hybridized carbons (Fsp3) is 1.00. The standard InChI is InChI=1S/C16H30N4/c17-12-16(5-6-19(13-16)15-3-4-15)20-9-7-18(8-10-20)11-14-1-2-14/h14-15H,1-13,17H2. The minimum Gasteiger partial charge on any atom is -0.329 e. The lowest BCUT2D eigenvalue weighted by atomic mass is 9.95. The summed E-state index contributed by atoms with van der Waals surface area (Å²) in [4.78, 5) is 8.13. The van der Waals surface area contributed by atoms with E-state index in [1.54, 1.807) is 0 Å². The molecule has 114 valence electrons. The van der Waals surface area contributed by atoms with E-state index in [1.165, 1.54) is 77.9 Å². The molecule has 4 nitrogen and oxygen atoms in total. The van der Waals surface area contributed by atoms with Gasteiger partial charge < -0.3 is 10.6 Å². The first-order chi connectivity index (χ1) is 9.79. The van der Waals surface area contributed by atoms with Crippen molar-refractivity contribution in [1.29, 1.82) is 0 Å². The maximum absolute atomic E-state index is 6.23. The number of rotatable bonds is 5. The van der Waals surface area contributed by atoms with E-state index in [2.05, 4.69) is 14.7 Å². The van der Waals surface area contributed by atoms with Crippen LogP contribution in [0.5, 0.6) is 0 Å². The van der Waals surface area contributed by atoms with Crippen LogP contribution in [-0.4, -0.2) is 78.6 Å². The van der Waals surface area contributed by atoms with Gasteiger partial charge in [-0.15, -0.1) is 0 Å². The molecule has 0 aromatic heterocycles. The van der Waals surface area contributed by atoms with Gasteiger partial charge in [0, 0.05) is 63.9 Å². The third-order valence-corrected chi connectivity index (χ3v) is 6.06. The van der Waals surface area contributed by atoms with Crippen LogP contribution >= 0.6 is 0 Å². The quantitative estimate of drug-likeness (QED) is 0.798. The van der Waals surface area contributed by atoms with Crippen LogP contribution in [-0.2, 0) is 0 Å². The van der Waals surface area contributed by atoms with E-state index < -0.39 is 0 Å². The Morgan fingerprint density at radius 3 is 2.30 bits per heavy atom. The summed E-state index contributed by atoms with van der Waals surface area (Å²) >= 11 is 0. The second-order valence-electron chi connectivity index (χ2n) is 7.61. The topological polar surface area (TPSA) is 35.7 Å². The minimum atomic E-state index is 0.300. The summed E-state index contributed by atoms with van der Waals surface area (Å²) in [6, 6.07) is 0.902. The fourth-order valence-corrected chi connectivity index (χ4v) is 4.26. The molecule has 2 aliphatic carbocycles. The number of nitrogens with two attached hydrogens (primary N) is 1. The zero-order valence-corrected chi connectivity index (χ0v) is 12.8. The first kappa shape index (κ1) is 13.5. The minimum absolute atomic E-state index is 0.300. The molecule has 2 saturated heterocycles. The van der Waals surface area contributed by atoms with Crippen LogP contribution in [0.1, 0.15) is 32.1 Å². The SMILES string of the molecule is NCC1(N2CCN(CC3CC3)CC2)CCN(C2CC2)C1. The molecule has 4 aliphatic rings. The van der Waals surface area contributed by atoms with E-state index in [4.69, 9.17) is 5.73 Å². The maximum atomic E-state index is 6.23. The van der Waals surface area contributed by atoms with Crippen molar-refractivity contribution in [3.63, 3.8) is 0 Å². The highest BCUT2D eigenvalue weighted by atomic mass is 15.4. The van der Waals surface area contributed by atoms with Gasteiger partial charge in [0.25, 0.3) is 0 Å². The molecular weight excluding hydrogens is 248 g/mol. The third-order valence-electron chi connectivity index (χ3n) is 6.06. The molecule has 20 heavy (non-hydrogen) atoms. The summed E-state index contributed by atoms with van der Waals surface area (Å²) in [6.07, 6.45) is 7.10. The summed E-state index contributed by atoms with van der Waals surface area (Å²) in [6.45, 7) is 9.73. The van der Waals surface area contributed by atoms with Crippen molar-refractivity contribution >= 4 is 0 Å². The van der Waals surface area contributed by atoms with Crippen molar-refractivity contribution in [3.8, 4) is 0 Å². The largest absolute Gasteiger partial charge is 0.329 e. The number of nitrogens with zero attached hydrogens (tertiary/aromatic N) is 3. The smallest absolute Gasteiger partial charge is 0.0471 e. The van der Waals surface area contributed by atoms with Gasteiger partial charge in [-0.05, 0) is 38.0 Å². The normalized spacial score (nSPS) is 37.6. The zero-order chi connectivity index (χ0) is 13.6. The van der Waals surface area contributed by atoms with Crippen LogP contribution in [0.15, 0.2) is 0 Å². The molecule has 0 bridgehead atoms. The Labute approximate surface area is 123 Å². The first-order valence-electron chi connectivity index (χ1n) is 8.71. The highest BCUT2D eigenvalue weighted by molar-refractivity contribution is 5.04. The Kier molecular flexibility index (Phi) is 3.53. The summed E-state index contributed by atoms with van der Waals surface area (Å²) in [5.74, 6) is 1.03. The van der Waals surface area contributed by atoms with Crippen molar-refractivity contribution in [2.24, 2.45) is 11.7 Å². The molecule has 0 spiro atoms. The molecule has 0 amide bonds. The van der Waals surface area contributed by atoms with Gasteiger partial charge in [-0.2, -0.15) is 0 Å². The molecule has 0 aromatic carbocycles. The summed E-state index contributed by atoms with van der Waals surface area (Å²) < 4.78 is 0. The highest BCUT2D eigenvalue weighted by Crippen LogP contribution is 2.36. The van der Waals surface area contributed by atoms with E-state index in [0.717, 1.165) is 18.5 Å². The van der Waals surface area contributed by atoms with Gasteiger partial charge in [0.05, 0.1) is 0 Å². The van der Waals surface area contributed by atoms with Crippen molar-refractivity contribution in [2.75, 3.05) is 52.4 Å². The molecule has 4 heteroatoms. The van der Waals surface area contributed by atoms with Gasteiger partial charge in [0.1, 0.15) is 0 Å². The lowest BCUT2D eigenvalue weighted by molar-refractivity contribution is 0.0387. The summed E-state index contributed by atoms with van der Waals surface area (Å²) in [5, 5.41) is 0. The van der Waals surface area contributed by atoms with Crippen LogP contribution in [0, 0.1) is 5.92 Å². The molecule has 2 saturated carbocycles. The number of piperazine rings is 1. The van der Waals surface area contributed by atoms with E-state index in [-0.39, 0.29) is 0 Å². The lowest BCUT2D eigenvalue weighted by Crippen LogP contribution is -2.61. The summed E-state index contributed by atoms with van der Waals surface area (Å²) in [5.41, 5.74) is 6.53. The highest BCUT2D eigenvalue weighted by Gasteiger charge is 2.46. The van der Waals surface area contributed by atoms with Crippen LogP contribution in [0.2, 0.25) is 0 Å². The molecule has 4 rings (SSSR count). The van der Waals surface area contributed by atoms with Crippen LogP contribution in [0.3, 0.4) is 0 Å². The van der Waals surface area contributed by atoms with Crippen LogP contribution < -0.4 is 5.73 Å². The predicted octanol–water partition coefficient (Wildman–Crippen LogP) is 0.580. The molecule has 1 atom stereocenters.